The van der Waals surface area contributed by atoms with Gasteiger partial charge in [-0.2, -0.15) is 0 Å². The Morgan fingerprint density at radius 2 is 1.89 bits per heavy atom. The molecule has 0 aliphatic heterocycles. The van der Waals surface area contributed by atoms with Crippen LogP contribution in [0.3, 0.4) is 0 Å². The lowest BCUT2D eigenvalue weighted by molar-refractivity contribution is -0.0602. The van der Waals surface area contributed by atoms with Crippen molar-refractivity contribution in [2.75, 3.05) is 0 Å². The van der Waals surface area contributed by atoms with E-state index in [0.717, 1.165) is 60.7 Å². The second-order valence-corrected chi connectivity index (χ2v) is 14.6. The summed E-state index contributed by atoms with van der Waals surface area (Å²) in [5, 5.41) is 0. The van der Waals surface area contributed by atoms with E-state index in [-0.39, 0.29) is 17.5 Å². The van der Waals surface area contributed by atoms with Gasteiger partial charge in [0.2, 0.25) is 0 Å². The van der Waals surface area contributed by atoms with E-state index in [0.29, 0.717) is 11.0 Å². The van der Waals surface area contributed by atoms with Gasteiger partial charge in [-0.05, 0) is 122 Å². The smallest absolute Gasteiger partial charge is 0.339 e. The summed E-state index contributed by atoms with van der Waals surface area (Å²) >= 11 is 0. The Bertz CT molecular complexity index is 1000. The van der Waals surface area contributed by atoms with Crippen LogP contribution < -0.4 is 0 Å². The topological polar surface area (TPSA) is 39.2 Å². The molecule has 0 spiro atoms. The van der Waals surface area contributed by atoms with Crippen molar-refractivity contribution in [1.29, 1.82) is 0 Å². The van der Waals surface area contributed by atoms with Gasteiger partial charge in [-0.1, -0.05) is 59.6 Å². The Labute approximate surface area is 232 Å². The third-order valence-corrected chi connectivity index (χ3v) is 12.1. The summed E-state index contributed by atoms with van der Waals surface area (Å²) in [5.41, 5.74) is 2.95. The molecule has 4 aliphatic rings. The Morgan fingerprint density at radius 3 is 2.61 bits per heavy atom. The maximum absolute atomic E-state index is 12.7. The molecule has 3 heteroatoms. The molecule has 0 bridgehead atoms. The molecule has 3 saturated carbocycles. The largest absolute Gasteiger partial charge is 0.458 e. The summed E-state index contributed by atoms with van der Waals surface area (Å²) in [5.74, 6) is 5.75. The van der Waals surface area contributed by atoms with E-state index in [4.69, 9.17) is 4.74 Å². The molecule has 3 fully saturated rings. The zero-order valence-corrected chi connectivity index (χ0v) is 25.0. The average Bonchev–Trinajstić information content (AvgIpc) is 3.26. The number of nitrogens with zero attached hydrogens (tertiary/aromatic N) is 1. The molecule has 0 saturated heterocycles. The van der Waals surface area contributed by atoms with Crippen molar-refractivity contribution >= 4 is 5.97 Å². The molecule has 1 heterocycles. The van der Waals surface area contributed by atoms with Crippen LogP contribution in [0.4, 0.5) is 0 Å². The fourth-order valence-corrected chi connectivity index (χ4v) is 10.2. The summed E-state index contributed by atoms with van der Waals surface area (Å²) < 4.78 is 5.98. The first kappa shape index (κ1) is 27.9. The van der Waals surface area contributed by atoms with Gasteiger partial charge in [0.15, 0.2) is 0 Å². The summed E-state index contributed by atoms with van der Waals surface area (Å²) in [4.78, 5) is 16.8. The third-order valence-electron chi connectivity index (χ3n) is 12.1. The lowest BCUT2D eigenvalue weighted by Crippen LogP contribution is -2.51. The first-order valence-corrected chi connectivity index (χ1v) is 16.0. The van der Waals surface area contributed by atoms with Crippen molar-refractivity contribution in [2.24, 2.45) is 52.3 Å². The molecule has 210 valence electrons. The average molecular weight is 520 g/mol. The minimum Gasteiger partial charge on any atom is -0.458 e. The van der Waals surface area contributed by atoms with Crippen LogP contribution >= 0.6 is 0 Å². The Hall–Kier alpha value is -1.64. The van der Waals surface area contributed by atoms with Crippen LogP contribution in [0.1, 0.15) is 123 Å². The number of ether oxygens (including phenoxy) is 1. The Balaban J connectivity index is 1.26. The van der Waals surface area contributed by atoms with E-state index < -0.39 is 0 Å². The van der Waals surface area contributed by atoms with Gasteiger partial charge >= 0.3 is 5.97 Å². The monoisotopic (exact) mass is 519 g/mol. The summed E-state index contributed by atoms with van der Waals surface area (Å²) in [7, 11) is 0. The van der Waals surface area contributed by atoms with Gasteiger partial charge in [0.05, 0.1) is 5.56 Å². The van der Waals surface area contributed by atoms with Crippen molar-refractivity contribution in [3.05, 3.63) is 41.7 Å². The summed E-state index contributed by atoms with van der Waals surface area (Å²) in [6.45, 7) is 15.1. The van der Waals surface area contributed by atoms with E-state index in [2.05, 4.69) is 52.6 Å². The summed E-state index contributed by atoms with van der Waals surface area (Å²) in [6.07, 6.45) is 20.1. The quantitative estimate of drug-likeness (QED) is 0.254. The van der Waals surface area contributed by atoms with Crippen LogP contribution in [0.25, 0.3) is 0 Å². The van der Waals surface area contributed by atoms with Gasteiger partial charge in [-0.25, -0.2) is 4.79 Å². The molecule has 9 atom stereocenters. The van der Waals surface area contributed by atoms with Gasteiger partial charge < -0.3 is 4.74 Å². The highest BCUT2D eigenvalue weighted by molar-refractivity contribution is 5.89. The number of rotatable bonds is 8. The van der Waals surface area contributed by atoms with Gasteiger partial charge in [0, 0.05) is 18.8 Å². The van der Waals surface area contributed by atoms with Gasteiger partial charge in [0.25, 0.3) is 0 Å². The highest BCUT2D eigenvalue weighted by Crippen LogP contribution is 2.67. The fourth-order valence-electron chi connectivity index (χ4n) is 10.2. The molecule has 0 aromatic carbocycles. The third kappa shape index (κ3) is 5.13. The molecule has 0 amide bonds. The summed E-state index contributed by atoms with van der Waals surface area (Å²) in [6, 6.07) is 3.60. The fraction of sp³-hybridized carbons (Fsp3) is 0.771. The van der Waals surface area contributed by atoms with Crippen LogP contribution in [-0.2, 0) is 4.74 Å². The van der Waals surface area contributed by atoms with E-state index >= 15 is 0 Å². The van der Waals surface area contributed by atoms with Gasteiger partial charge in [0.1, 0.15) is 6.10 Å². The Kier molecular flexibility index (Phi) is 8.14. The molecule has 2 unspecified atom stereocenters. The first-order valence-electron chi connectivity index (χ1n) is 16.0. The number of esters is 1. The van der Waals surface area contributed by atoms with Crippen LogP contribution in [0, 0.1) is 52.3 Å². The standard InChI is InChI=1S/C35H53NO2/c1-7-25(19-23(2)3)20-24(4)30-12-13-31-29-11-10-27-21-28(38-33(37)26-9-8-18-36-22-26)14-16-34(27,5)32(29)15-17-35(30,31)6/h8-10,18,22-25,28-32H,7,11-17,19-21H2,1-6H3/t24-,25?,28?,29+,30-,31+,32+,34+,35-/m1/s1. The highest BCUT2D eigenvalue weighted by Gasteiger charge is 2.59. The first-order chi connectivity index (χ1) is 18.2. The van der Waals surface area contributed by atoms with Crippen molar-refractivity contribution in [3.8, 4) is 0 Å². The van der Waals surface area contributed by atoms with Gasteiger partial charge in [-0.3, -0.25) is 4.98 Å². The van der Waals surface area contributed by atoms with Crippen LogP contribution in [0.15, 0.2) is 36.2 Å². The van der Waals surface area contributed by atoms with Crippen molar-refractivity contribution in [3.63, 3.8) is 0 Å². The van der Waals surface area contributed by atoms with E-state index in [1.54, 1.807) is 30.1 Å². The minimum atomic E-state index is -0.223. The molecular formula is C35H53NO2. The second-order valence-electron chi connectivity index (χ2n) is 14.6. The normalized spacial score (nSPS) is 38.0. The zero-order valence-electron chi connectivity index (χ0n) is 25.0. The van der Waals surface area contributed by atoms with Crippen molar-refractivity contribution in [2.45, 2.75) is 118 Å². The molecule has 5 rings (SSSR count). The van der Waals surface area contributed by atoms with Crippen LogP contribution in [0.2, 0.25) is 0 Å². The minimum absolute atomic E-state index is 0.00139. The van der Waals surface area contributed by atoms with Crippen LogP contribution in [-0.4, -0.2) is 17.1 Å². The van der Waals surface area contributed by atoms with E-state index in [1.165, 1.54) is 51.4 Å². The molecule has 38 heavy (non-hydrogen) atoms. The molecule has 1 aromatic heterocycles. The maximum atomic E-state index is 12.7. The highest BCUT2D eigenvalue weighted by atomic mass is 16.5. The van der Waals surface area contributed by atoms with E-state index in [1.807, 2.05) is 0 Å². The van der Waals surface area contributed by atoms with Crippen molar-refractivity contribution in [1.82, 2.24) is 4.98 Å². The SMILES string of the molecule is CCC(CC(C)C)C[C@@H](C)[C@H]1CC[C@H]2[C@@H]3CC=C4CC(OC(=O)c5cccnc5)CC[C@]4(C)[C@H]3CC[C@]12C. The molecule has 0 radical (unpaired) electrons. The lowest BCUT2D eigenvalue weighted by Gasteiger charge is -2.58. The number of pyridine rings is 1. The second kappa shape index (κ2) is 11.1. The predicted molar refractivity (Wildman–Crippen MR) is 156 cm³/mol. The number of aromatic nitrogens is 1. The Morgan fingerprint density at radius 1 is 1.08 bits per heavy atom. The molecule has 3 nitrogen and oxygen atoms in total. The molecule has 1 aromatic rings. The number of fused-ring (bicyclic) bond motifs is 5. The number of hydrogen-bond acceptors (Lipinski definition) is 3. The van der Waals surface area contributed by atoms with Crippen molar-refractivity contribution < 1.29 is 9.53 Å². The molecule has 0 N–H and O–H groups in total. The number of carbonyl (C=O) groups is 1. The van der Waals surface area contributed by atoms with E-state index in [9.17, 15) is 4.79 Å². The number of allylic oxidation sites excluding steroid dienone is 1. The lowest BCUT2D eigenvalue weighted by atomic mass is 9.47. The number of hydrogen-bond donors (Lipinski definition) is 0. The number of carbonyl (C=O) groups excluding carboxylic acids is 1. The predicted octanol–water partition coefficient (Wildman–Crippen LogP) is 9.28. The molecule has 4 aliphatic carbocycles. The maximum Gasteiger partial charge on any atom is 0.339 e. The van der Waals surface area contributed by atoms with Crippen LogP contribution in [0.5, 0.6) is 0 Å². The zero-order chi connectivity index (χ0) is 27.1. The van der Waals surface area contributed by atoms with Gasteiger partial charge in [-0.15, -0.1) is 0 Å². The molecular weight excluding hydrogens is 466 g/mol.